The number of benzene rings is 2. The van der Waals surface area contributed by atoms with Gasteiger partial charge in [0, 0.05) is 12.1 Å². The fourth-order valence-electron chi connectivity index (χ4n) is 1.79. The Labute approximate surface area is 127 Å². The summed E-state index contributed by atoms with van der Waals surface area (Å²) in [6.45, 7) is 1.56. The molecule has 2 aromatic rings. The average molecular weight is 301 g/mol. The van der Waals surface area contributed by atoms with Crippen molar-refractivity contribution in [3.8, 4) is 0 Å². The van der Waals surface area contributed by atoms with Gasteiger partial charge in [-0.25, -0.2) is 9.18 Å². The van der Waals surface area contributed by atoms with E-state index in [1.54, 1.807) is 42.5 Å². The Morgan fingerprint density at radius 3 is 2.45 bits per heavy atom. The molecular weight excluding hydrogens is 285 g/mol. The van der Waals surface area contributed by atoms with Crippen LogP contribution in [0.3, 0.4) is 0 Å². The molecule has 2 aromatic carbocycles. The predicted molar refractivity (Wildman–Crippen MR) is 79.7 cm³/mol. The van der Waals surface area contributed by atoms with Crippen LogP contribution >= 0.6 is 0 Å². The SMILES string of the molecule is Cc1ccc(C(=O)OCC(=O)NCc2ccccc2F)cc1. The lowest BCUT2D eigenvalue weighted by atomic mass is 10.1. The number of carbonyl (C=O) groups is 2. The maximum atomic E-state index is 13.4. The summed E-state index contributed by atoms with van der Waals surface area (Å²) in [4.78, 5) is 23.3. The number of ether oxygens (including phenoxy) is 1. The molecule has 0 unspecified atom stereocenters. The standard InChI is InChI=1S/C17H16FNO3/c1-12-6-8-13(9-7-12)17(21)22-11-16(20)19-10-14-4-2-3-5-15(14)18/h2-9H,10-11H2,1H3,(H,19,20). The van der Waals surface area contributed by atoms with Crippen molar-refractivity contribution in [3.05, 3.63) is 71.0 Å². The number of aryl methyl sites for hydroxylation is 1. The lowest BCUT2D eigenvalue weighted by Crippen LogP contribution is -2.28. The molecule has 0 radical (unpaired) electrons. The van der Waals surface area contributed by atoms with Gasteiger partial charge in [0.25, 0.3) is 5.91 Å². The van der Waals surface area contributed by atoms with Crippen LogP contribution in [0.25, 0.3) is 0 Å². The van der Waals surface area contributed by atoms with Crippen LogP contribution in [0, 0.1) is 12.7 Å². The van der Waals surface area contributed by atoms with Crippen molar-refractivity contribution in [2.24, 2.45) is 0 Å². The summed E-state index contributed by atoms with van der Waals surface area (Å²) < 4.78 is 18.3. The highest BCUT2D eigenvalue weighted by Crippen LogP contribution is 2.06. The fourth-order valence-corrected chi connectivity index (χ4v) is 1.79. The highest BCUT2D eigenvalue weighted by molar-refractivity contribution is 5.91. The second-order valence-corrected chi connectivity index (χ2v) is 4.81. The van der Waals surface area contributed by atoms with Crippen LogP contribution in [-0.2, 0) is 16.1 Å². The van der Waals surface area contributed by atoms with Crippen LogP contribution in [-0.4, -0.2) is 18.5 Å². The van der Waals surface area contributed by atoms with Gasteiger partial charge in [0.2, 0.25) is 0 Å². The van der Waals surface area contributed by atoms with E-state index in [-0.39, 0.29) is 12.4 Å². The molecule has 1 amide bonds. The van der Waals surface area contributed by atoms with Gasteiger partial charge in [-0.05, 0) is 25.1 Å². The summed E-state index contributed by atoms with van der Waals surface area (Å²) >= 11 is 0. The molecule has 0 saturated carbocycles. The first kappa shape index (κ1) is 15.7. The topological polar surface area (TPSA) is 55.4 Å². The first-order chi connectivity index (χ1) is 10.6. The number of amides is 1. The minimum atomic E-state index is -0.568. The molecule has 114 valence electrons. The Morgan fingerprint density at radius 1 is 1.09 bits per heavy atom. The molecule has 1 N–H and O–H groups in total. The highest BCUT2D eigenvalue weighted by Gasteiger charge is 2.10. The van der Waals surface area contributed by atoms with Gasteiger partial charge >= 0.3 is 5.97 Å². The Balaban J connectivity index is 1.79. The van der Waals surface area contributed by atoms with E-state index in [4.69, 9.17) is 4.74 Å². The number of halogens is 1. The smallest absolute Gasteiger partial charge is 0.338 e. The summed E-state index contributed by atoms with van der Waals surface area (Å²) in [5.74, 6) is -1.44. The van der Waals surface area contributed by atoms with Gasteiger partial charge in [0.1, 0.15) is 5.82 Å². The van der Waals surface area contributed by atoms with E-state index in [9.17, 15) is 14.0 Å². The van der Waals surface area contributed by atoms with Crippen LogP contribution in [0.1, 0.15) is 21.5 Å². The van der Waals surface area contributed by atoms with Crippen LogP contribution in [0.4, 0.5) is 4.39 Å². The number of hydrogen-bond acceptors (Lipinski definition) is 3. The van der Waals surface area contributed by atoms with Gasteiger partial charge < -0.3 is 10.1 Å². The van der Waals surface area contributed by atoms with E-state index in [1.165, 1.54) is 6.07 Å². The first-order valence-electron chi connectivity index (χ1n) is 6.80. The van der Waals surface area contributed by atoms with Crippen LogP contribution in [0.5, 0.6) is 0 Å². The average Bonchev–Trinajstić information content (AvgIpc) is 2.52. The van der Waals surface area contributed by atoms with Gasteiger partial charge in [0.05, 0.1) is 5.56 Å². The van der Waals surface area contributed by atoms with E-state index >= 15 is 0 Å². The Morgan fingerprint density at radius 2 is 1.77 bits per heavy atom. The van der Waals surface area contributed by atoms with Gasteiger partial charge in [-0.1, -0.05) is 35.9 Å². The van der Waals surface area contributed by atoms with Crippen molar-refractivity contribution < 1.29 is 18.7 Å². The molecule has 0 aliphatic heterocycles. The van der Waals surface area contributed by atoms with Gasteiger partial charge in [-0.2, -0.15) is 0 Å². The van der Waals surface area contributed by atoms with Gasteiger partial charge in [0.15, 0.2) is 6.61 Å². The molecule has 22 heavy (non-hydrogen) atoms. The second-order valence-electron chi connectivity index (χ2n) is 4.81. The molecule has 4 nitrogen and oxygen atoms in total. The zero-order valence-corrected chi connectivity index (χ0v) is 12.1. The van der Waals surface area contributed by atoms with E-state index < -0.39 is 18.5 Å². The van der Waals surface area contributed by atoms with Crippen molar-refractivity contribution in [1.29, 1.82) is 0 Å². The van der Waals surface area contributed by atoms with Crippen molar-refractivity contribution in [3.63, 3.8) is 0 Å². The number of esters is 1. The van der Waals surface area contributed by atoms with Gasteiger partial charge in [-0.3, -0.25) is 4.79 Å². The monoisotopic (exact) mass is 301 g/mol. The quantitative estimate of drug-likeness (QED) is 0.864. The molecule has 0 aromatic heterocycles. The van der Waals surface area contributed by atoms with E-state index in [2.05, 4.69) is 5.32 Å². The third kappa shape index (κ3) is 4.41. The lowest BCUT2D eigenvalue weighted by molar-refractivity contribution is -0.124. The molecule has 5 heteroatoms. The summed E-state index contributed by atoms with van der Waals surface area (Å²) in [6, 6.07) is 13.0. The maximum absolute atomic E-state index is 13.4. The van der Waals surface area contributed by atoms with E-state index in [1.807, 2.05) is 6.92 Å². The molecule has 0 aliphatic rings. The Kier molecular flexibility index (Phi) is 5.25. The maximum Gasteiger partial charge on any atom is 0.338 e. The van der Waals surface area contributed by atoms with Crippen molar-refractivity contribution in [1.82, 2.24) is 5.32 Å². The molecule has 0 atom stereocenters. The Hall–Kier alpha value is -2.69. The number of hydrogen-bond donors (Lipinski definition) is 1. The number of carbonyl (C=O) groups excluding carboxylic acids is 2. The van der Waals surface area contributed by atoms with Crippen molar-refractivity contribution in [2.45, 2.75) is 13.5 Å². The van der Waals surface area contributed by atoms with Crippen molar-refractivity contribution >= 4 is 11.9 Å². The molecule has 0 fully saturated rings. The third-order valence-corrected chi connectivity index (χ3v) is 3.06. The summed E-state index contributed by atoms with van der Waals surface area (Å²) in [5.41, 5.74) is 1.78. The fraction of sp³-hybridized carbons (Fsp3) is 0.176. The lowest BCUT2D eigenvalue weighted by Gasteiger charge is -2.07. The number of nitrogens with one attached hydrogen (secondary N) is 1. The zero-order chi connectivity index (χ0) is 15.9. The molecule has 0 saturated heterocycles. The largest absolute Gasteiger partial charge is 0.452 e. The van der Waals surface area contributed by atoms with Crippen molar-refractivity contribution in [2.75, 3.05) is 6.61 Å². The molecular formula is C17H16FNO3. The predicted octanol–water partition coefficient (Wildman–Crippen LogP) is 2.61. The minimum Gasteiger partial charge on any atom is -0.452 e. The second kappa shape index (κ2) is 7.36. The molecule has 0 spiro atoms. The molecule has 0 bridgehead atoms. The van der Waals surface area contributed by atoms with Crippen LogP contribution in [0.2, 0.25) is 0 Å². The van der Waals surface area contributed by atoms with Gasteiger partial charge in [-0.15, -0.1) is 0 Å². The minimum absolute atomic E-state index is 0.0492. The highest BCUT2D eigenvalue weighted by atomic mass is 19.1. The third-order valence-electron chi connectivity index (χ3n) is 3.06. The normalized spacial score (nSPS) is 10.1. The van der Waals surface area contributed by atoms with E-state index in [0.717, 1.165) is 5.56 Å². The zero-order valence-electron chi connectivity index (χ0n) is 12.1. The summed E-state index contributed by atoms with van der Waals surface area (Å²) in [7, 11) is 0. The first-order valence-corrected chi connectivity index (χ1v) is 6.80. The summed E-state index contributed by atoms with van der Waals surface area (Å²) in [6.07, 6.45) is 0. The van der Waals surface area contributed by atoms with Crippen LogP contribution in [0.15, 0.2) is 48.5 Å². The molecule has 2 rings (SSSR count). The molecule has 0 heterocycles. The Bertz CT molecular complexity index is 668. The van der Waals surface area contributed by atoms with E-state index in [0.29, 0.717) is 11.1 Å². The number of rotatable bonds is 5. The molecule has 0 aliphatic carbocycles. The summed E-state index contributed by atoms with van der Waals surface area (Å²) in [5, 5.41) is 2.50. The van der Waals surface area contributed by atoms with Crippen LogP contribution < -0.4 is 5.32 Å².